The molecule has 0 radical (unpaired) electrons. The molecule has 10 rings (SSSR count). The quantitative estimate of drug-likeness (QED) is 0.187. The van der Waals surface area contributed by atoms with Crippen molar-refractivity contribution in [3.05, 3.63) is 192 Å². The first-order chi connectivity index (χ1) is 24.1. The Morgan fingerprint density at radius 3 is 1.90 bits per heavy atom. The van der Waals surface area contributed by atoms with Crippen molar-refractivity contribution < 1.29 is 0 Å². The van der Waals surface area contributed by atoms with E-state index in [1.807, 2.05) is 31.3 Å². The molecule has 0 heterocycles. The van der Waals surface area contributed by atoms with Crippen molar-refractivity contribution in [2.24, 2.45) is 0 Å². The molecular weight excluding hydrogens is 593 g/mol. The fourth-order valence-electron chi connectivity index (χ4n) is 8.47. The molecule has 1 spiro atoms. The Kier molecular flexibility index (Phi) is 6.67. The van der Waals surface area contributed by atoms with Gasteiger partial charge in [-0.15, -0.1) is 0 Å². The number of fused-ring (bicyclic) bond motifs is 14. The number of hydrogen-bond acceptors (Lipinski definition) is 2. The van der Waals surface area contributed by atoms with Crippen molar-refractivity contribution in [1.82, 2.24) is 0 Å². The van der Waals surface area contributed by atoms with Crippen LogP contribution in [0.1, 0.15) is 27.8 Å². The summed E-state index contributed by atoms with van der Waals surface area (Å²) < 4.78 is 0. The van der Waals surface area contributed by atoms with Gasteiger partial charge in [0, 0.05) is 7.05 Å². The number of benzene rings is 8. The molecule has 49 heavy (non-hydrogen) atoms. The maximum absolute atomic E-state index is 5.57. The molecule has 0 aliphatic heterocycles. The second-order valence-electron chi connectivity index (χ2n) is 13.2. The number of anilines is 2. The van der Waals surface area contributed by atoms with E-state index in [4.69, 9.17) is 5.73 Å². The summed E-state index contributed by atoms with van der Waals surface area (Å²) in [5.74, 6) is 0. The van der Waals surface area contributed by atoms with Crippen LogP contribution in [-0.2, 0) is 5.41 Å². The van der Waals surface area contributed by atoms with E-state index >= 15 is 0 Å². The molecule has 0 saturated carbocycles. The van der Waals surface area contributed by atoms with Gasteiger partial charge in [-0.2, -0.15) is 0 Å². The molecular formula is C47H36N2. The fraction of sp³-hybridized carbons (Fsp3) is 0.0638. The first-order valence-electron chi connectivity index (χ1n) is 17.0. The van der Waals surface area contributed by atoms with Gasteiger partial charge in [-0.05, 0) is 102 Å². The minimum Gasteiger partial charge on any atom is -0.397 e. The summed E-state index contributed by atoms with van der Waals surface area (Å²) in [4.78, 5) is 0. The lowest BCUT2D eigenvalue weighted by atomic mass is 9.69. The zero-order valence-corrected chi connectivity index (χ0v) is 27.7. The second kappa shape index (κ2) is 11.2. The Morgan fingerprint density at radius 1 is 0.490 bits per heavy atom. The Labute approximate surface area is 287 Å². The number of nitrogens with two attached hydrogens (primary N) is 1. The van der Waals surface area contributed by atoms with Gasteiger partial charge < -0.3 is 11.1 Å². The molecule has 8 aromatic rings. The topological polar surface area (TPSA) is 38.0 Å². The molecule has 2 aliphatic carbocycles. The highest BCUT2D eigenvalue weighted by Gasteiger charge is 2.52. The lowest BCUT2D eigenvalue weighted by Crippen LogP contribution is -2.26. The summed E-state index contributed by atoms with van der Waals surface area (Å²) >= 11 is 0. The summed E-state index contributed by atoms with van der Waals surface area (Å²) in [6.07, 6.45) is 0. The first-order valence-corrected chi connectivity index (χ1v) is 17.0. The van der Waals surface area contributed by atoms with Crippen LogP contribution in [0.15, 0.2) is 164 Å². The molecule has 0 aromatic heterocycles. The van der Waals surface area contributed by atoms with E-state index in [9.17, 15) is 0 Å². The van der Waals surface area contributed by atoms with Crippen LogP contribution in [0.3, 0.4) is 0 Å². The van der Waals surface area contributed by atoms with Gasteiger partial charge in [0.2, 0.25) is 0 Å². The Balaban J connectivity index is 0.000000317. The van der Waals surface area contributed by atoms with Crippen LogP contribution >= 0.6 is 0 Å². The van der Waals surface area contributed by atoms with Crippen molar-refractivity contribution in [2.45, 2.75) is 12.3 Å². The number of rotatable bonds is 2. The summed E-state index contributed by atoms with van der Waals surface area (Å²) in [6, 6.07) is 60.0. The number of aryl methyl sites for hydroxylation is 1. The highest BCUT2D eigenvalue weighted by Crippen LogP contribution is 2.65. The van der Waals surface area contributed by atoms with Crippen molar-refractivity contribution in [1.29, 1.82) is 0 Å². The van der Waals surface area contributed by atoms with Crippen LogP contribution in [0, 0.1) is 6.92 Å². The molecule has 3 N–H and O–H groups in total. The second-order valence-corrected chi connectivity index (χ2v) is 13.2. The van der Waals surface area contributed by atoms with Gasteiger partial charge >= 0.3 is 0 Å². The lowest BCUT2D eigenvalue weighted by molar-refractivity contribution is 0.802. The maximum atomic E-state index is 5.57. The molecule has 0 bridgehead atoms. The summed E-state index contributed by atoms with van der Waals surface area (Å²) in [5.41, 5.74) is 21.8. The zero-order valence-electron chi connectivity index (χ0n) is 27.7. The van der Waals surface area contributed by atoms with Gasteiger partial charge in [-0.25, -0.2) is 0 Å². The number of nitrogen functional groups attached to an aromatic ring is 1. The van der Waals surface area contributed by atoms with Crippen LogP contribution in [0.2, 0.25) is 0 Å². The van der Waals surface area contributed by atoms with Gasteiger partial charge in [-0.1, -0.05) is 151 Å². The van der Waals surface area contributed by atoms with E-state index in [0.717, 1.165) is 11.4 Å². The average Bonchev–Trinajstić information content (AvgIpc) is 3.63. The molecule has 8 aromatic carbocycles. The van der Waals surface area contributed by atoms with Gasteiger partial charge in [0.15, 0.2) is 0 Å². The van der Waals surface area contributed by atoms with Gasteiger partial charge in [-0.3, -0.25) is 0 Å². The van der Waals surface area contributed by atoms with Crippen LogP contribution in [-0.4, -0.2) is 7.05 Å². The van der Waals surface area contributed by atoms with Gasteiger partial charge in [0.05, 0.1) is 16.8 Å². The minimum atomic E-state index is -0.355. The maximum Gasteiger partial charge on any atom is 0.0731 e. The summed E-state index contributed by atoms with van der Waals surface area (Å²) in [7, 11) is 1.85. The van der Waals surface area contributed by atoms with Crippen molar-refractivity contribution in [3.63, 3.8) is 0 Å². The van der Waals surface area contributed by atoms with Gasteiger partial charge in [0.1, 0.15) is 0 Å². The van der Waals surface area contributed by atoms with Gasteiger partial charge in [0.25, 0.3) is 0 Å². The highest BCUT2D eigenvalue weighted by atomic mass is 14.8. The molecule has 0 amide bonds. The van der Waals surface area contributed by atoms with E-state index in [-0.39, 0.29) is 5.41 Å². The van der Waals surface area contributed by atoms with Crippen molar-refractivity contribution >= 4 is 32.9 Å². The molecule has 2 nitrogen and oxygen atoms in total. The molecule has 234 valence electrons. The summed E-state index contributed by atoms with van der Waals surface area (Å²) in [5, 5.41) is 8.21. The Hall–Kier alpha value is -6.12. The third kappa shape index (κ3) is 4.27. The van der Waals surface area contributed by atoms with E-state index < -0.39 is 0 Å². The molecule has 2 aliphatic rings. The molecule has 0 atom stereocenters. The van der Waals surface area contributed by atoms with Crippen LogP contribution in [0.4, 0.5) is 11.4 Å². The van der Waals surface area contributed by atoms with Crippen LogP contribution < -0.4 is 11.1 Å². The third-order valence-electron chi connectivity index (χ3n) is 10.5. The predicted octanol–water partition coefficient (Wildman–Crippen LogP) is 11.6. The Bertz CT molecular complexity index is 2530. The monoisotopic (exact) mass is 628 g/mol. The standard InChI is InChI=1S/C40H26.C7H10N2/c1-25-9-8-11-27(23-25)28-17-20-31-29(24-28)18-21-34-38-30-12-3-2-10-26(30)19-22-37(38)40(39(31)34)35-15-6-4-13-32(35)33-14-5-7-16-36(33)40;1-9-7-5-3-2-4-6(7)8/h2-24H,1H3;2-5,9H,8H2,1H3. The minimum absolute atomic E-state index is 0.355. The number of nitrogens with one attached hydrogen (secondary N) is 1. The van der Waals surface area contributed by atoms with Crippen LogP contribution in [0.5, 0.6) is 0 Å². The zero-order chi connectivity index (χ0) is 33.1. The first kappa shape index (κ1) is 29.1. The van der Waals surface area contributed by atoms with Crippen LogP contribution in [0.25, 0.3) is 54.9 Å². The molecule has 0 saturated heterocycles. The lowest BCUT2D eigenvalue weighted by Gasteiger charge is -2.31. The summed E-state index contributed by atoms with van der Waals surface area (Å²) in [6.45, 7) is 2.16. The number of hydrogen-bond donors (Lipinski definition) is 2. The van der Waals surface area contributed by atoms with E-state index in [1.54, 1.807) is 0 Å². The van der Waals surface area contributed by atoms with E-state index in [1.165, 1.54) is 82.7 Å². The third-order valence-corrected chi connectivity index (χ3v) is 10.5. The average molecular weight is 629 g/mol. The predicted molar refractivity (Wildman–Crippen MR) is 208 cm³/mol. The van der Waals surface area contributed by atoms with Crippen molar-refractivity contribution in [3.8, 4) is 33.4 Å². The van der Waals surface area contributed by atoms with E-state index in [0.29, 0.717) is 0 Å². The fourth-order valence-corrected chi connectivity index (χ4v) is 8.47. The molecule has 0 unspecified atom stereocenters. The SMILES string of the molecule is CNc1ccccc1N.Cc1cccc(-c2ccc3c4c(ccc3c2)-c2c(ccc3ccccc23)C42c3ccccc3-c3ccccc32)c1. The number of para-hydroxylation sites is 2. The normalized spacial score (nSPS) is 12.9. The van der Waals surface area contributed by atoms with E-state index in [2.05, 4.69) is 152 Å². The highest BCUT2D eigenvalue weighted by molar-refractivity contribution is 6.11. The molecule has 2 heteroatoms. The largest absolute Gasteiger partial charge is 0.397 e. The molecule has 0 fully saturated rings. The van der Waals surface area contributed by atoms with Crippen molar-refractivity contribution in [2.75, 3.05) is 18.1 Å². The smallest absolute Gasteiger partial charge is 0.0731 e. The Morgan fingerprint density at radius 2 is 1.16 bits per heavy atom.